The Kier molecular flexibility index (Phi) is 4.69. The molecule has 0 spiro atoms. The summed E-state index contributed by atoms with van der Waals surface area (Å²) in [7, 11) is 1.51. The fourth-order valence-electron chi connectivity index (χ4n) is 1.95. The van der Waals surface area contributed by atoms with E-state index in [1.54, 1.807) is 0 Å². The fraction of sp³-hybridized carbons (Fsp3) is 0.500. The number of rotatable bonds is 3. The van der Waals surface area contributed by atoms with Crippen LogP contribution in [0.25, 0.3) is 0 Å². The van der Waals surface area contributed by atoms with Gasteiger partial charge in [-0.1, -0.05) is 0 Å². The molecular formula is C10H15ClN4O3. The van der Waals surface area contributed by atoms with Gasteiger partial charge in [-0.3, -0.25) is 4.79 Å². The molecule has 2 heterocycles. The Hall–Kier alpha value is -1.60. The number of nitrogens with one attached hydrogen (secondary N) is 2. The van der Waals surface area contributed by atoms with E-state index in [1.165, 1.54) is 23.7 Å². The lowest BCUT2D eigenvalue weighted by molar-refractivity contribution is -0.391. The predicted molar refractivity (Wildman–Crippen MR) is 68.1 cm³/mol. The van der Waals surface area contributed by atoms with Gasteiger partial charge in [0, 0.05) is 18.7 Å². The standard InChI is InChI=1S/C10H14N4O3.ClH/c1-13-8(2-3-9(13)14(16)17)10(15)12-7-4-5-11-6-7;/h2-3,7,11H,4-6H2,1H3,(H,12,15);1H. The molecule has 1 saturated heterocycles. The molecule has 1 amide bonds. The molecule has 0 aliphatic carbocycles. The summed E-state index contributed by atoms with van der Waals surface area (Å²) in [5.41, 5.74) is 0.309. The van der Waals surface area contributed by atoms with Crippen LogP contribution in [0.5, 0.6) is 0 Å². The van der Waals surface area contributed by atoms with Crippen molar-refractivity contribution in [3.05, 3.63) is 27.9 Å². The highest BCUT2D eigenvalue weighted by Crippen LogP contribution is 2.15. The van der Waals surface area contributed by atoms with Crippen molar-refractivity contribution in [3.63, 3.8) is 0 Å². The van der Waals surface area contributed by atoms with E-state index in [0.29, 0.717) is 5.69 Å². The van der Waals surface area contributed by atoms with Crippen molar-refractivity contribution in [2.24, 2.45) is 7.05 Å². The molecule has 1 aromatic rings. The molecule has 0 bridgehead atoms. The normalized spacial score (nSPS) is 18.2. The Morgan fingerprint density at radius 2 is 2.33 bits per heavy atom. The van der Waals surface area contributed by atoms with Gasteiger partial charge in [-0.15, -0.1) is 12.4 Å². The van der Waals surface area contributed by atoms with E-state index in [1.807, 2.05) is 0 Å². The minimum atomic E-state index is -0.506. The van der Waals surface area contributed by atoms with Crippen LogP contribution in [-0.4, -0.2) is 34.5 Å². The number of carbonyl (C=O) groups is 1. The van der Waals surface area contributed by atoms with Crippen molar-refractivity contribution in [1.29, 1.82) is 0 Å². The number of nitrogens with zero attached hydrogens (tertiary/aromatic N) is 2. The van der Waals surface area contributed by atoms with E-state index in [2.05, 4.69) is 10.6 Å². The molecule has 2 N–H and O–H groups in total. The highest BCUT2D eigenvalue weighted by atomic mass is 35.5. The molecule has 1 unspecified atom stereocenters. The van der Waals surface area contributed by atoms with Gasteiger partial charge in [0.25, 0.3) is 5.91 Å². The number of nitro groups is 1. The van der Waals surface area contributed by atoms with Crippen molar-refractivity contribution in [2.75, 3.05) is 13.1 Å². The Morgan fingerprint density at radius 1 is 1.61 bits per heavy atom. The summed E-state index contributed by atoms with van der Waals surface area (Å²) in [6, 6.07) is 2.91. The Labute approximate surface area is 110 Å². The van der Waals surface area contributed by atoms with Gasteiger partial charge in [-0.2, -0.15) is 0 Å². The SMILES string of the molecule is Cl.Cn1c(C(=O)NC2CCNC2)ccc1[N+](=O)[O-]. The summed E-state index contributed by atoms with van der Waals surface area (Å²) >= 11 is 0. The maximum absolute atomic E-state index is 11.9. The second kappa shape index (κ2) is 5.83. The summed E-state index contributed by atoms with van der Waals surface area (Å²) in [4.78, 5) is 22.0. The topological polar surface area (TPSA) is 89.2 Å². The largest absolute Gasteiger partial charge is 0.358 e. The van der Waals surface area contributed by atoms with Gasteiger partial charge in [0.2, 0.25) is 0 Å². The number of carbonyl (C=O) groups excluding carboxylic acids is 1. The second-order valence-corrected chi connectivity index (χ2v) is 4.06. The number of hydrogen-bond acceptors (Lipinski definition) is 4. The van der Waals surface area contributed by atoms with E-state index in [0.717, 1.165) is 19.5 Å². The van der Waals surface area contributed by atoms with Crippen LogP contribution < -0.4 is 10.6 Å². The summed E-state index contributed by atoms with van der Waals surface area (Å²) in [6.45, 7) is 1.64. The zero-order valence-electron chi connectivity index (χ0n) is 9.88. The minimum Gasteiger partial charge on any atom is -0.358 e. The van der Waals surface area contributed by atoms with Crippen LogP contribution in [0.3, 0.4) is 0 Å². The molecule has 1 aliphatic heterocycles. The van der Waals surface area contributed by atoms with Crippen molar-refractivity contribution < 1.29 is 9.72 Å². The van der Waals surface area contributed by atoms with E-state index >= 15 is 0 Å². The highest BCUT2D eigenvalue weighted by molar-refractivity contribution is 5.93. The highest BCUT2D eigenvalue weighted by Gasteiger charge is 2.23. The van der Waals surface area contributed by atoms with Gasteiger partial charge >= 0.3 is 5.82 Å². The number of halogens is 1. The molecular weight excluding hydrogens is 260 g/mol. The van der Waals surface area contributed by atoms with Crippen molar-refractivity contribution in [2.45, 2.75) is 12.5 Å². The summed E-state index contributed by atoms with van der Waals surface area (Å²) in [5.74, 6) is -0.353. The van der Waals surface area contributed by atoms with Crippen molar-refractivity contribution in [3.8, 4) is 0 Å². The molecule has 1 atom stereocenters. The lowest BCUT2D eigenvalue weighted by Crippen LogP contribution is -2.37. The van der Waals surface area contributed by atoms with Gasteiger partial charge in [0.05, 0.1) is 7.05 Å². The monoisotopic (exact) mass is 274 g/mol. The van der Waals surface area contributed by atoms with Gasteiger partial charge in [-0.05, 0) is 24.0 Å². The van der Waals surface area contributed by atoms with Crippen LogP contribution in [-0.2, 0) is 7.05 Å². The molecule has 2 rings (SSSR count). The Morgan fingerprint density at radius 3 is 2.83 bits per heavy atom. The Bertz CT molecular complexity index is 454. The molecule has 1 aromatic heterocycles. The minimum absolute atomic E-state index is 0. The lowest BCUT2D eigenvalue weighted by Gasteiger charge is -2.09. The van der Waals surface area contributed by atoms with Gasteiger partial charge < -0.3 is 20.7 Å². The quantitative estimate of drug-likeness (QED) is 0.618. The summed E-state index contributed by atoms with van der Waals surface area (Å²) in [6.07, 6.45) is 0.887. The van der Waals surface area contributed by atoms with Crippen LogP contribution in [0.1, 0.15) is 16.9 Å². The number of aromatic nitrogens is 1. The van der Waals surface area contributed by atoms with Crippen LogP contribution in [0.4, 0.5) is 5.82 Å². The summed E-state index contributed by atoms with van der Waals surface area (Å²) < 4.78 is 1.29. The molecule has 1 aliphatic rings. The lowest BCUT2D eigenvalue weighted by atomic mass is 10.2. The average Bonchev–Trinajstić information content (AvgIpc) is 2.86. The van der Waals surface area contributed by atoms with Crippen LogP contribution in [0.2, 0.25) is 0 Å². The van der Waals surface area contributed by atoms with Gasteiger partial charge in [0.15, 0.2) is 5.69 Å². The maximum Gasteiger partial charge on any atom is 0.323 e. The van der Waals surface area contributed by atoms with E-state index in [4.69, 9.17) is 0 Å². The first-order chi connectivity index (χ1) is 8.09. The first-order valence-electron chi connectivity index (χ1n) is 5.41. The number of amides is 1. The fourth-order valence-corrected chi connectivity index (χ4v) is 1.95. The first kappa shape index (κ1) is 14.5. The van der Waals surface area contributed by atoms with Crippen LogP contribution in [0.15, 0.2) is 12.1 Å². The first-order valence-corrected chi connectivity index (χ1v) is 5.41. The number of hydrogen-bond donors (Lipinski definition) is 2. The smallest absolute Gasteiger partial charge is 0.323 e. The average molecular weight is 275 g/mol. The third kappa shape index (κ3) is 2.80. The zero-order chi connectivity index (χ0) is 12.4. The second-order valence-electron chi connectivity index (χ2n) is 4.06. The molecule has 0 saturated carbocycles. The third-order valence-corrected chi connectivity index (χ3v) is 2.91. The van der Waals surface area contributed by atoms with Gasteiger partial charge in [0.1, 0.15) is 0 Å². The van der Waals surface area contributed by atoms with Crippen LogP contribution >= 0.6 is 12.4 Å². The summed E-state index contributed by atoms with van der Waals surface area (Å²) in [5, 5.41) is 16.6. The molecule has 1 fully saturated rings. The van der Waals surface area contributed by atoms with Crippen LogP contribution in [0, 0.1) is 10.1 Å². The molecule has 18 heavy (non-hydrogen) atoms. The molecule has 7 nitrogen and oxygen atoms in total. The van der Waals surface area contributed by atoms with Crippen molar-refractivity contribution >= 4 is 24.1 Å². The van der Waals surface area contributed by atoms with Crippen molar-refractivity contribution in [1.82, 2.24) is 15.2 Å². The Balaban J connectivity index is 0.00000162. The third-order valence-electron chi connectivity index (χ3n) is 2.91. The molecule has 8 heteroatoms. The predicted octanol–water partition coefficient (Wildman–Crippen LogP) is 0.447. The molecule has 0 radical (unpaired) electrons. The van der Waals surface area contributed by atoms with Gasteiger partial charge in [-0.25, -0.2) is 4.57 Å². The molecule has 100 valence electrons. The van der Waals surface area contributed by atoms with E-state index < -0.39 is 4.92 Å². The maximum atomic E-state index is 11.9. The zero-order valence-corrected chi connectivity index (χ0v) is 10.7. The molecule has 0 aromatic carbocycles. The van der Waals surface area contributed by atoms with E-state index in [-0.39, 0.29) is 30.2 Å². The van der Waals surface area contributed by atoms with E-state index in [9.17, 15) is 14.9 Å².